The monoisotopic (exact) mass is 175 g/mol. The van der Waals surface area contributed by atoms with E-state index in [4.69, 9.17) is 0 Å². The van der Waals surface area contributed by atoms with Crippen LogP contribution in [0.3, 0.4) is 0 Å². The molecule has 0 fully saturated rings. The van der Waals surface area contributed by atoms with Crippen molar-refractivity contribution in [3.05, 3.63) is 30.2 Å². The first-order valence-electron chi connectivity index (χ1n) is 3.93. The second-order valence-electron chi connectivity index (χ2n) is 2.78. The number of rotatable bonds is 1. The van der Waals surface area contributed by atoms with Gasteiger partial charge in [-0.2, -0.15) is 4.98 Å². The van der Waals surface area contributed by atoms with Gasteiger partial charge in [-0.05, 0) is 19.1 Å². The molecule has 2 rings (SSSR count). The lowest BCUT2D eigenvalue weighted by molar-refractivity contribution is 0.452. The molecule has 2 aromatic rings. The molecule has 4 heteroatoms. The predicted molar refractivity (Wildman–Crippen MR) is 48.2 cm³/mol. The average Bonchev–Trinajstić information content (AvgIpc) is 2.49. The van der Waals surface area contributed by atoms with Crippen LogP contribution in [0.15, 0.2) is 24.5 Å². The third-order valence-corrected chi connectivity index (χ3v) is 1.79. The summed E-state index contributed by atoms with van der Waals surface area (Å²) in [7, 11) is 0. The van der Waals surface area contributed by atoms with Crippen molar-refractivity contribution in [1.82, 2.24) is 15.0 Å². The maximum absolute atomic E-state index is 9.24. The molecule has 2 heterocycles. The Kier molecular flexibility index (Phi) is 1.73. The summed E-state index contributed by atoms with van der Waals surface area (Å²) in [6.07, 6.45) is 3.39. The first kappa shape index (κ1) is 7.79. The van der Waals surface area contributed by atoms with Gasteiger partial charge in [0.25, 0.3) is 0 Å². The zero-order valence-electron chi connectivity index (χ0n) is 7.15. The number of aromatic hydroxyl groups is 1. The molecule has 2 aromatic heterocycles. The summed E-state index contributed by atoms with van der Waals surface area (Å²) in [6.45, 7) is 1.77. The van der Waals surface area contributed by atoms with Crippen LogP contribution in [0.1, 0.15) is 5.69 Å². The summed E-state index contributed by atoms with van der Waals surface area (Å²) in [5, 5.41) is 9.24. The highest BCUT2D eigenvalue weighted by Gasteiger charge is 2.05. The molecule has 0 aliphatic carbocycles. The number of hydrogen-bond acceptors (Lipinski definition) is 3. The molecule has 0 atom stereocenters. The summed E-state index contributed by atoms with van der Waals surface area (Å²) in [4.78, 5) is 10.9. The summed E-state index contributed by atoms with van der Waals surface area (Å²) < 4.78 is 0. The molecule has 2 N–H and O–H groups in total. The molecule has 0 saturated heterocycles. The number of nitrogens with zero attached hydrogens (tertiary/aromatic N) is 2. The second kappa shape index (κ2) is 2.90. The highest BCUT2D eigenvalue weighted by Crippen LogP contribution is 2.19. The van der Waals surface area contributed by atoms with Crippen LogP contribution >= 0.6 is 0 Å². The van der Waals surface area contributed by atoms with Crippen LogP contribution in [0.2, 0.25) is 0 Å². The van der Waals surface area contributed by atoms with Gasteiger partial charge < -0.3 is 10.1 Å². The molecule has 0 aliphatic heterocycles. The minimum absolute atomic E-state index is 0.0406. The number of hydrogen-bond donors (Lipinski definition) is 2. The van der Waals surface area contributed by atoms with Gasteiger partial charge in [0.05, 0.1) is 5.69 Å². The molecule has 66 valence electrons. The molecule has 0 bridgehead atoms. The van der Waals surface area contributed by atoms with Crippen molar-refractivity contribution in [2.45, 2.75) is 6.92 Å². The third kappa shape index (κ3) is 1.38. The van der Waals surface area contributed by atoms with E-state index in [1.807, 2.05) is 12.1 Å². The highest BCUT2D eigenvalue weighted by molar-refractivity contribution is 5.54. The summed E-state index contributed by atoms with van der Waals surface area (Å²) in [6, 6.07) is 3.70. The maximum Gasteiger partial charge on any atom is 0.232 e. The van der Waals surface area contributed by atoms with Crippen LogP contribution in [0.25, 0.3) is 11.4 Å². The van der Waals surface area contributed by atoms with Crippen molar-refractivity contribution in [3.8, 4) is 17.3 Å². The van der Waals surface area contributed by atoms with Gasteiger partial charge in [-0.15, -0.1) is 0 Å². The van der Waals surface area contributed by atoms with Gasteiger partial charge in [-0.1, -0.05) is 0 Å². The quantitative estimate of drug-likeness (QED) is 0.690. The van der Waals surface area contributed by atoms with Crippen molar-refractivity contribution in [3.63, 3.8) is 0 Å². The third-order valence-electron chi connectivity index (χ3n) is 1.79. The smallest absolute Gasteiger partial charge is 0.232 e. The van der Waals surface area contributed by atoms with E-state index in [0.717, 1.165) is 5.56 Å². The first-order valence-corrected chi connectivity index (χ1v) is 3.93. The Balaban J connectivity index is 2.48. The van der Waals surface area contributed by atoms with Gasteiger partial charge in [-0.3, -0.25) is 4.98 Å². The number of aromatic amines is 1. The minimum atomic E-state index is 0.0406. The summed E-state index contributed by atoms with van der Waals surface area (Å²) in [5.74, 6) is 0.682. The number of aryl methyl sites for hydroxylation is 1. The molecule has 0 unspecified atom stereocenters. The number of aromatic nitrogens is 3. The van der Waals surface area contributed by atoms with Crippen molar-refractivity contribution in [2.75, 3.05) is 0 Å². The van der Waals surface area contributed by atoms with E-state index in [2.05, 4.69) is 15.0 Å². The first-order chi connectivity index (χ1) is 6.27. The van der Waals surface area contributed by atoms with Gasteiger partial charge in [-0.25, -0.2) is 0 Å². The van der Waals surface area contributed by atoms with E-state index in [1.165, 1.54) is 0 Å². The van der Waals surface area contributed by atoms with Gasteiger partial charge in [0, 0.05) is 18.0 Å². The molecular weight excluding hydrogens is 166 g/mol. The fraction of sp³-hybridized carbons (Fsp3) is 0.111. The SMILES string of the molecule is Cc1[nH]c(-c2cccnc2)nc1O. The van der Waals surface area contributed by atoms with Crippen molar-refractivity contribution >= 4 is 0 Å². The van der Waals surface area contributed by atoms with Crippen LogP contribution in [0.5, 0.6) is 5.88 Å². The van der Waals surface area contributed by atoms with E-state index in [1.54, 1.807) is 19.3 Å². The summed E-state index contributed by atoms with van der Waals surface area (Å²) in [5.41, 5.74) is 1.53. The van der Waals surface area contributed by atoms with Gasteiger partial charge in [0.15, 0.2) is 0 Å². The maximum atomic E-state index is 9.24. The zero-order valence-corrected chi connectivity index (χ0v) is 7.15. The van der Waals surface area contributed by atoms with Crippen LogP contribution in [-0.4, -0.2) is 20.1 Å². The topological polar surface area (TPSA) is 61.8 Å². The van der Waals surface area contributed by atoms with Gasteiger partial charge in [0.2, 0.25) is 5.88 Å². The molecule has 0 aliphatic rings. The van der Waals surface area contributed by atoms with Crippen LogP contribution in [0, 0.1) is 6.92 Å². The van der Waals surface area contributed by atoms with Crippen LogP contribution < -0.4 is 0 Å². The highest BCUT2D eigenvalue weighted by atomic mass is 16.3. The van der Waals surface area contributed by atoms with E-state index in [0.29, 0.717) is 11.5 Å². The molecular formula is C9H9N3O. The number of nitrogens with one attached hydrogen (secondary N) is 1. The zero-order chi connectivity index (χ0) is 9.26. The van der Waals surface area contributed by atoms with Crippen LogP contribution in [-0.2, 0) is 0 Å². The van der Waals surface area contributed by atoms with Gasteiger partial charge >= 0.3 is 0 Å². The molecule has 4 nitrogen and oxygen atoms in total. The molecule has 0 amide bonds. The van der Waals surface area contributed by atoms with Gasteiger partial charge in [0.1, 0.15) is 5.82 Å². The lowest BCUT2D eigenvalue weighted by Gasteiger charge is -1.92. The van der Waals surface area contributed by atoms with E-state index in [9.17, 15) is 5.11 Å². The normalized spacial score (nSPS) is 10.2. The molecule has 0 spiro atoms. The fourth-order valence-electron chi connectivity index (χ4n) is 1.09. The Hall–Kier alpha value is -1.84. The number of H-pyrrole nitrogens is 1. The largest absolute Gasteiger partial charge is 0.492 e. The molecule has 0 saturated carbocycles. The second-order valence-corrected chi connectivity index (χ2v) is 2.78. The molecule has 0 radical (unpaired) electrons. The number of pyridine rings is 1. The fourth-order valence-corrected chi connectivity index (χ4v) is 1.09. The Morgan fingerprint density at radius 3 is 2.85 bits per heavy atom. The van der Waals surface area contributed by atoms with Crippen molar-refractivity contribution in [2.24, 2.45) is 0 Å². The summed E-state index contributed by atoms with van der Waals surface area (Å²) >= 11 is 0. The average molecular weight is 175 g/mol. The molecule has 13 heavy (non-hydrogen) atoms. The Morgan fingerprint density at radius 2 is 2.31 bits per heavy atom. The predicted octanol–water partition coefficient (Wildman–Crippen LogP) is 1.49. The lowest BCUT2D eigenvalue weighted by atomic mass is 10.3. The Bertz CT molecular complexity index is 389. The van der Waals surface area contributed by atoms with E-state index in [-0.39, 0.29) is 5.88 Å². The number of imidazole rings is 1. The minimum Gasteiger partial charge on any atom is -0.492 e. The van der Waals surface area contributed by atoms with Crippen molar-refractivity contribution < 1.29 is 5.11 Å². The lowest BCUT2D eigenvalue weighted by Crippen LogP contribution is -1.80. The van der Waals surface area contributed by atoms with E-state index < -0.39 is 0 Å². The Labute approximate surface area is 75.3 Å². The van der Waals surface area contributed by atoms with Crippen molar-refractivity contribution in [1.29, 1.82) is 0 Å². The standard InChI is InChI=1S/C9H9N3O/c1-6-9(13)12-8(11-6)7-3-2-4-10-5-7/h2-5,13H,1H3,(H,11,12). The molecule has 0 aromatic carbocycles. The van der Waals surface area contributed by atoms with E-state index >= 15 is 0 Å². The van der Waals surface area contributed by atoms with Crippen LogP contribution in [0.4, 0.5) is 0 Å². The Morgan fingerprint density at radius 1 is 1.46 bits per heavy atom.